The van der Waals surface area contributed by atoms with E-state index in [0.717, 1.165) is 52.1 Å². The van der Waals surface area contributed by atoms with Crippen LogP contribution in [0.25, 0.3) is 10.4 Å². The largest absolute Gasteiger partial charge is 0.493 e. The van der Waals surface area contributed by atoms with Crippen molar-refractivity contribution >= 4 is 35.0 Å². The minimum absolute atomic E-state index is 0.106. The van der Waals surface area contributed by atoms with Crippen LogP contribution in [0.1, 0.15) is 62.4 Å². The summed E-state index contributed by atoms with van der Waals surface area (Å²) in [5, 5.41) is 8.66. The molecule has 2 heterocycles. The first-order chi connectivity index (χ1) is 31.4. The van der Waals surface area contributed by atoms with E-state index >= 15 is 0 Å². The highest BCUT2D eigenvalue weighted by Gasteiger charge is 2.41. The van der Waals surface area contributed by atoms with Gasteiger partial charge in [0.2, 0.25) is 17.7 Å². The van der Waals surface area contributed by atoms with Crippen molar-refractivity contribution < 1.29 is 47.6 Å². The Bertz CT molecular complexity index is 2140. The van der Waals surface area contributed by atoms with Gasteiger partial charge in [-0.1, -0.05) is 69.3 Å². The van der Waals surface area contributed by atoms with Gasteiger partial charge in [0.25, 0.3) is 5.91 Å². The molecule has 0 unspecified atom stereocenters. The standard InChI is InChI=1S/C49H65N5O10S/c1-34-45(65-33-52-34)38-19-16-36(17-20-38)30-51-47(57)39-14-10-23-54(39)48(58)46(49(2,3)4)53-44(56)31-63-28-27-62-26-25-61-24-22-50-43(55)32-64-40-15-8-7-12-37(40)13-9-11-35-18-21-41(59-5)42(29-35)60-6/h7-8,12,15-21,29,33,39,46H,9-11,13-14,22-28,30-32H2,1-6H3,(H,50,55)(H,51,57)(H,53,56)/t39-,46+/m0/s1. The number of ether oxygens (including phenoxy) is 6. The Morgan fingerprint density at radius 2 is 1.51 bits per heavy atom. The summed E-state index contributed by atoms with van der Waals surface area (Å²) in [6, 6.07) is 20.2. The molecule has 0 bridgehead atoms. The topological polar surface area (TPSA) is 176 Å². The van der Waals surface area contributed by atoms with Gasteiger partial charge in [-0.2, -0.15) is 0 Å². The number of carbonyl (C=O) groups excluding carboxylic acids is 4. The summed E-state index contributed by atoms with van der Waals surface area (Å²) in [5.74, 6) is 0.904. The van der Waals surface area contributed by atoms with Crippen molar-refractivity contribution in [3.8, 4) is 27.7 Å². The second-order valence-corrected chi connectivity index (χ2v) is 17.7. The van der Waals surface area contributed by atoms with Gasteiger partial charge in [-0.25, -0.2) is 4.98 Å². The number of aromatic nitrogens is 1. The fourth-order valence-corrected chi connectivity index (χ4v) is 8.22. The van der Waals surface area contributed by atoms with Crippen molar-refractivity contribution in [3.63, 3.8) is 0 Å². The summed E-state index contributed by atoms with van der Waals surface area (Å²) in [4.78, 5) is 59.7. The van der Waals surface area contributed by atoms with Crippen LogP contribution in [0.3, 0.4) is 0 Å². The maximum absolute atomic E-state index is 13.9. The molecule has 1 aliphatic rings. The lowest BCUT2D eigenvalue weighted by Crippen LogP contribution is -2.58. The molecule has 0 spiro atoms. The molecular weight excluding hydrogens is 851 g/mol. The number of carbonyl (C=O) groups is 4. The van der Waals surface area contributed by atoms with Crippen molar-refractivity contribution in [2.45, 2.75) is 78.4 Å². The summed E-state index contributed by atoms with van der Waals surface area (Å²) >= 11 is 1.59. The van der Waals surface area contributed by atoms with Gasteiger partial charge in [-0.05, 0) is 84.9 Å². The zero-order chi connectivity index (χ0) is 46.6. The number of hydrogen-bond donors (Lipinski definition) is 3. The van der Waals surface area contributed by atoms with Crippen LogP contribution < -0.4 is 30.2 Å². The quantitative estimate of drug-likeness (QED) is 0.0660. The Morgan fingerprint density at radius 1 is 0.800 bits per heavy atom. The van der Waals surface area contributed by atoms with E-state index < -0.39 is 23.4 Å². The van der Waals surface area contributed by atoms with E-state index in [1.165, 1.54) is 0 Å². The van der Waals surface area contributed by atoms with Gasteiger partial charge in [-0.15, -0.1) is 11.3 Å². The summed E-state index contributed by atoms with van der Waals surface area (Å²) < 4.78 is 33.3. The first-order valence-corrected chi connectivity index (χ1v) is 23.0. The lowest BCUT2D eigenvalue weighted by molar-refractivity contribution is -0.144. The number of rotatable bonds is 26. The zero-order valence-corrected chi connectivity index (χ0v) is 39.4. The van der Waals surface area contributed by atoms with Crippen molar-refractivity contribution in [2.75, 3.05) is 73.6 Å². The molecule has 0 aliphatic carbocycles. The van der Waals surface area contributed by atoms with Crippen LogP contribution in [0.15, 0.2) is 72.2 Å². The summed E-state index contributed by atoms with van der Waals surface area (Å²) in [6.07, 6.45) is 3.79. The molecule has 4 amide bonds. The van der Waals surface area contributed by atoms with Crippen LogP contribution in [0.2, 0.25) is 0 Å². The van der Waals surface area contributed by atoms with E-state index in [0.29, 0.717) is 69.5 Å². The molecule has 1 saturated heterocycles. The third-order valence-corrected chi connectivity index (χ3v) is 11.9. The van der Waals surface area contributed by atoms with Gasteiger partial charge in [0.15, 0.2) is 18.1 Å². The van der Waals surface area contributed by atoms with Crippen molar-refractivity contribution in [2.24, 2.45) is 5.41 Å². The minimum atomic E-state index is -0.852. The Kier molecular flexibility index (Phi) is 20.0. The number of likely N-dealkylation sites (tertiary alicyclic amines) is 1. The van der Waals surface area contributed by atoms with Crippen LogP contribution in [-0.2, 0) is 52.8 Å². The van der Waals surface area contributed by atoms with E-state index in [1.54, 1.807) is 30.5 Å². The molecule has 65 heavy (non-hydrogen) atoms. The molecule has 15 nitrogen and oxygen atoms in total. The van der Waals surface area contributed by atoms with Gasteiger partial charge in [0.1, 0.15) is 24.4 Å². The van der Waals surface area contributed by atoms with Crippen molar-refractivity contribution in [1.29, 1.82) is 0 Å². The monoisotopic (exact) mass is 915 g/mol. The molecule has 352 valence electrons. The van der Waals surface area contributed by atoms with Crippen LogP contribution >= 0.6 is 11.3 Å². The Morgan fingerprint density at radius 3 is 2.22 bits per heavy atom. The number of nitrogens with one attached hydrogen (secondary N) is 3. The number of para-hydroxylation sites is 1. The first-order valence-electron chi connectivity index (χ1n) is 22.2. The minimum Gasteiger partial charge on any atom is -0.493 e. The Labute approximate surface area is 386 Å². The summed E-state index contributed by atoms with van der Waals surface area (Å²) in [7, 11) is 3.24. The van der Waals surface area contributed by atoms with Gasteiger partial charge in [0, 0.05) is 19.6 Å². The highest BCUT2D eigenvalue weighted by Crippen LogP contribution is 2.30. The van der Waals surface area contributed by atoms with Gasteiger partial charge >= 0.3 is 0 Å². The van der Waals surface area contributed by atoms with Gasteiger partial charge in [0.05, 0.1) is 63.3 Å². The fourth-order valence-electron chi connectivity index (χ4n) is 7.41. The smallest absolute Gasteiger partial charge is 0.258 e. The number of thiazole rings is 1. The lowest BCUT2D eigenvalue weighted by atomic mass is 9.85. The van der Waals surface area contributed by atoms with E-state index in [-0.39, 0.29) is 44.1 Å². The number of nitrogens with zero attached hydrogens (tertiary/aromatic N) is 2. The molecule has 2 atom stereocenters. The molecule has 5 rings (SSSR count). The molecule has 0 saturated carbocycles. The lowest BCUT2D eigenvalue weighted by Gasteiger charge is -2.35. The number of benzene rings is 3. The van der Waals surface area contributed by atoms with E-state index in [9.17, 15) is 19.2 Å². The predicted octanol–water partition coefficient (Wildman–Crippen LogP) is 5.69. The highest BCUT2D eigenvalue weighted by molar-refractivity contribution is 7.13. The molecule has 1 aliphatic heterocycles. The molecular formula is C49H65N5O10S. The zero-order valence-electron chi connectivity index (χ0n) is 38.6. The number of hydrogen-bond acceptors (Lipinski definition) is 12. The third kappa shape index (κ3) is 15.8. The van der Waals surface area contributed by atoms with Crippen LogP contribution in [-0.4, -0.2) is 119 Å². The molecule has 16 heteroatoms. The van der Waals surface area contributed by atoms with E-state index in [1.807, 2.05) is 99.9 Å². The normalized spacial score (nSPS) is 14.1. The van der Waals surface area contributed by atoms with Crippen LogP contribution in [0, 0.1) is 12.3 Å². The van der Waals surface area contributed by atoms with Crippen LogP contribution in [0.4, 0.5) is 0 Å². The third-order valence-electron chi connectivity index (χ3n) is 10.9. The molecule has 1 fully saturated rings. The number of methoxy groups -OCH3 is 2. The maximum Gasteiger partial charge on any atom is 0.258 e. The summed E-state index contributed by atoms with van der Waals surface area (Å²) in [5.41, 5.74) is 6.41. The first kappa shape index (κ1) is 50.4. The van der Waals surface area contributed by atoms with Crippen LogP contribution in [0.5, 0.6) is 17.2 Å². The Balaban J connectivity index is 0.905. The molecule has 1 aromatic heterocycles. The molecule has 4 aromatic rings. The second-order valence-electron chi connectivity index (χ2n) is 16.8. The SMILES string of the molecule is COc1ccc(CCCc2ccccc2OCC(=O)NCCOCCOCCOCC(=O)N[C@H](C(=O)N2CCC[C@H]2C(=O)NCc2ccc(-c3scnc3C)cc2)C(C)(C)C)cc1OC. The molecule has 3 aromatic carbocycles. The highest BCUT2D eigenvalue weighted by atomic mass is 32.1. The average molecular weight is 916 g/mol. The van der Waals surface area contributed by atoms with Crippen molar-refractivity contribution in [3.05, 3.63) is 94.6 Å². The van der Waals surface area contributed by atoms with E-state index in [2.05, 4.69) is 20.9 Å². The average Bonchev–Trinajstić information content (AvgIpc) is 3.98. The molecule has 0 radical (unpaired) electrons. The van der Waals surface area contributed by atoms with Gasteiger partial charge < -0.3 is 49.3 Å². The molecule has 3 N–H and O–H groups in total. The predicted molar refractivity (Wildman–Crippen MR) is 249 cm³/mol. The second kappa shape index (κ2) is 25.8. The maximum atomic E-state index is 13.9. The number of aryl methyl sites for hydroxylation is 3. The van der Waals surface area contributed by atoms with Gasteiger partial charge in [-0.3, -0.25) is 19.2 Å². The number of amides is 4. The van der Waals surface area contributed by atoms with Crippen molar-refractivity contribution in [1.82, 2.24) is 25.8 Å². The summed E-state index contributed by atoms with van der Waals surface area (Å²) in [6.45, 7) is 9.69. The van der Waals surface area contributed by atoms with E-state index in [4.69, 9.17) is 28.4 Å². The Hall–Kier alpha value is -5.55. The fraction of sp³-hybridized carbons (Fsp3) is 0.490.